The van der Waals surface area contributed by atoms with Gasteiger partial charge < -0.3 is 10.1 Å². The van der Waals surface area contributed by atoms with Crippen LogP contribution in [0.3, 0.4) is 0 Å². The smallest absolute Gasteiger partial charge is 0.119 e. The average molecular weight is 284 g/mol. The molecule has 1 unspecified atom stereocenters. The number of hydrogen-bond acceptors (Lipinski definition) is 3. The summed E-state index contributed by atoms with van der Waals surface area (Å²) in [5, 5.41) is 3.46. The highest BCUT2D eigenvalue weighted by Gasteiger charge is 2.10. The quantitative estimate of drug-likeness (QED) is 0.808. The Morgan fingerprint density at radius 2 is 1.90 bits per heavy atom. The number of aryl methyl sites for hydroxylation is 1. The maximum Gasteiger partial charge on any atom is 0.119 e. The lowest BCUT2D eigenvalue weighted by molar-refractivity contribution is 0.264. The van der Waals surface area contributed by atoms with E-state index < -0.39 is 0 Å². The molecule has 0 aliphatic carbocycles. The largest absolute Gasteiger partial charge is 0.492 e. The van der Waals surface area contributed by atoms with Crippen LogP contribution >= 0.6 is 0 Å². The Morgan fingerprint density at radius 3 is 2.52 bits per heavy atom. The standard InChI is InChI=1S/C18H24N2O/c1-3-15-10-11-16(20-13-15)12-17(19-4-2)14-21-18-8-6-5-7-9-18/h5-11,13,17,19H,3-4,12,14H2,1-2H3. The SMILES string of the molecule is CCNC(COc1ccccc1)Cc1ccc(CC)cn1. The van der Waals surface area contributed by atoms with Gasteiger partial charge in [-0.3, -0.25) is 4.98 Å². The predicted molar refractivity (Wildman–Crippen MR) is 86.7 cm³/mol. The minimum Gasteiger partial charge on any atom is -0.492 e. The number of likely N-dealkylation sites (N-methyl/N-ethyl adjacent to an activating group) is 1. The van der Waals surface area contributed by atoms with Crippen LogP contribution < -0.4 is 10.1 Å². The van der Waals surface area contributed by atoms with Crippen LogP contribution in [0.1, 0.15) is 25.1 Å². The number of nitrogens with zero attached hydrogens (tertiary/aromatic N) is 1. The number of ether oxygens (including phenoxy) is 1. The molecule has 1 atom stereocenters. The van der Waals surface area contributed by atoms with E-state index in [9.17, 15) is 0 Å². The van der Waals surface area contributed by atoms with Crippen molar-refractivity contribution in [1.82, 2.24) is 10.3 Å². The van der Waals surface area contributed by atoms with E-state index in [1.54, 1.807) is 0 Å². The lowest BCUT2D eigenvalue weighted by atomic mass is 10.1. The Bertz CT molecular complexity index is 511. The minimum atomic E-state index is 0.273. The first-order chi connectivity index (χ1) is 10.3. The van der Waals surface area contributed by atoms with E-state index in [1.165, 1.54) is 5.56 Å². The van der Waals surface area contributed by atoms with E-state index in [2.05, 4.69) is 36.3 Å². The second-order valence-corrected chi connectivity index (χ2v) is 5.09. The molecule has 0 amide bonds. The van der Waals surface area contributed by atoms with Crippen LogP contribution in [0.25, 0.3) is 0 Å². The first kappa shape index (κ1) is 15.5. The van der Waals surface area contributed by atoms with Crippen LogP contribution in [0.15, 0.2) is 48.7 Å². The molecule has 2 aromatic rings. The molecule has 0 saturated carbocycles. The van der Waals surface area contributed by atoms with Crippen LogP contribution in [0.5, 0.6) is 5.75 Å². The summed E-state index contributed by atoms with van der Waals surface area (Å²) < 4.78 is 5.85. The van der Waals surface area contributed by atoms with Gasteiger partial charge in [-0.2, -0.15) is 0 Å². The van der Waals surface area contributed by atoms with Crippen molar-refractivity contribution in [3.05, 3.63) is 59.9 Å². The van der Waals surface area contributed by atoms with Crippen LogP contribution in [0.2, 0.25) is 0 Å². The number of benzene rings is 1. The Hall–Kier alpha value is -1.87. The van der Waals surface area contributed by atoms with Gasteiger partial charge in [-0.05, 0) is 36.7 Å². The zero-order chi connectivity index (χ0) is 14.9. The van der Waals surface area contributed by atoms with E-state index in [4.69, 9.17) is 4.74 Å². The third-order valence-corrected chi connectivity index (χ3v) is 3.44. The van der Waals surface area contributed by atoms with Crippen LogP contribution in [-0.4, -0.2) is 24.2 Å². The third kappa shape index (κ3) is 5.20. The molecule has 1 N–H and O–H groups in total. The maximum atomic E-state index is 5.85. The summed E-state index contributed by atoms with van der Waals surface area (Å²) in [6, 6.07) is 14.5. The van der Waals surface area contributed by atoms with Gasteiger partial charge in [0.1, 0.15) is 12.4 Å². The highest BCUT2D eigenvalue weighted by molar-refractivity contribution is 5.21. The normalized spacial score (nSPS) is 12.1. The van der Waals surface area contributed by atoms with E-state index in [-0.39, 0.29) is 6.04 Å². The van der Waals surface area contributed by atoms with E-state index in [0.717, 1.165) is 30.8 Å². The molecule has 0 aliphatic heterocycles. The number of rotatable bonds is 8. The van der Waals surface area contributed by atoms with Gasteiger partial charge in [0.15, 0.2) is 0 Å². The second-order valence-electron chi connectivity index (χ2n) is 5.09. The van der Waals surface area contributed by atoms with Crippen molar-refractivity contribution >= 4 is 0 Å². The van der Waals surface area contributed by atoms with Gasteiger partial charge in [-0.25, -0.2) is 0 Å². The van der Waals surface area contributed by atoms with Crippen molar-refractivity contribution in [1.29, 1.82) is 0 Å². The molecule has 0 spiro atoms. The summed E-state index contributed by atoms with van der Waals surface area (Å²) >= 11 is 0. The number of aromatic nitrogens is 1. The molecule has 0 saturated heterocycles. The first-order valence-electron chi connectivity index (χ1n) is 7.66. The molecule has 2 rings (SSSR count). The zero-order valence-corrected chi connectivity index (χ0v) is 12.9. The van der Waals surface area contributed by atoms with Crippen molar-refractivity contribution in [3.8, 4) is 5.75 Å². The number of nitrogens with one attached hydrogen (secondary N) is 1. The molecule has 0 fully saturated rings. The van der Waals surface area contributed by atoms with Crippen molar-refractivity contribution in [2.24, 2.45) is 0 Å². The molecule has 1 aromatic heterocycles. The first-order valence-corrected chi connectivity index (χ1v) is 7.66. The monoisotopic (exact) mass is 284 g/mol. The third-order valence-electron chi connectivity index (χ3n) is 3.44. The number of pyridine rings is 1. The molecule has 0 radical (unpaired) electrons. The van der Waals surface area contributed by atoms with Crippen LogP contribution in [-0.2, 0) is 12.8 Å². The summed E-state index contributed by atoms with van der Waals surface area (Å²) in [6.07, 6.45) is 3.88. The second kappa shape index (κ2) is 8.42. The predicted octanol–water partition coefficient (Wildman–Crippen LogP) is 3.24. The highest BCUT2D eigenvalue weighted by atomic mass is 16.5. The van der Waals surface area contributed by atoms with Gasteiger partial charge in [0.25, 0.3) is 0 Å². The topological polar surface area (TPSA) is 34.1 Å². The van der Waals surface area contributed by atoms with Crippen LogP contribution in [0.4, 0.5) is 0 Å². The van der Waals surface area contributed by atoms with Gasteiger partial charge in [0.05, 0.1) is 0 Å². The zero-order valence-electron chi connectivity index (χ0n) is 12.9. The van der Waals surface area contributed by atoms with E-state index in [1.807, 2.05) is 36.5 Å². The van der Waals surface area contributed by atoms with Gasteiger partial charge in [0, 0.05) is 24.4 Å². The molecular weight excluding hydrogens is 260 g/mol. The van der Waals surface area contributed by atoms with Gasteiger partial charge in [-0.15, -0.1) is 0 Å². The maximum absolute atomic E-state index is 5.85. The molecule has 0 aliphatic rings. The van der Waals surface area contributed by atoms with E-state index in [0.29, 0.717) is 6.61 Å². The fourth-order valence-corrected chi connectivity index (χ4v) is 2.23. The highest BCUT2D eigenvalue weighted by Crippen LogP contribution is 2.10. The summed E-state index contributed by atoms with van der Waals surface area (Å²) in [4.78, 5) is 4.53. The minimum absolute atomic E-state index is 0.273. The van der Waals surface area contributed by atoms with Crippen molar-refractivity contribution < 1.29 is 4.74 Å². The molecule has 0 bridgehead atoms. The number of hydrogen-bond donors (Lipinski definition) is 1. The molecule has 1 aromatic carbocycles. The summed E-state index contributed by atoms with van der Waals surface area (Å²) in [5.41, 5.74) is 2.38. The van der Waals surface area contributed by atoms with Gasteiger partial charge in [-0.1, -0.05) is 38.1 Å². The summed E-state index contributed by atoms with van der Waals surface area (Å²) in [6.45, 7) is 5.83. The Kier molecular flexibility index (Phi) is 6.22. The fourth-order valence-electron chi connectivity index (χ4n) is 2.23. The lowest BCUT2D eigenvalue weighted by Gasteiger charge is -2.18. The molecule has 3 nitrogen and oxygen atoms in total. The number of para-hydroxylation sites is 1. The summed E-state index contributed by atoms with van der Waals surface area (Å²) in [5.74, 6) is 0.912. The van der Waals surface area contributed by atoms with Crippen molar-refractivity contribution in [2.75, 3.05) is 13.2 Å². The Morgan fingerprint density at radius 1 is 1.10 bits per heavy atom. The van der Waals surface area contributed by atoms with Gasteiger partial charge >= 0.3 is 0 Å². The molecule has 3 heteroatoms. The van der Waals surface area contributed by atoms with Crippen LogP contribution in [0, 0.1) is 0 Å². The molecule has 21 heavy (non-hydrogen) atoms. The molecule has 112 valence electrons. The summed E-state index contributed by atoms with van der Waals surface area (Å²) in [7, 11) is 0. The van der Waals surface area contributed by atoms with Gasteiger partial charge in [0.2, 0.25) is 0 Å². The Balaban J connectivity index is 1.91. The van der Waals surface area contributed by atoms with Crippen molar-refractivity contribution in [2.45, 2.75) is 32.7 Å². The fraction of sp³-hybridized carbons (Fsp3) is 0.389. The average Bonchev–Trinajstić information content (AvgIpc) is 2.54. The lowest BCUT2D eigenvalue weighted by Crippen LogP contribution is -2.36. The Labute approximate surface area is 127 Å². The molecule has 1 heterocycles. The van der Waals surface area contributed by atoms with E-state index >= 15 is 0 Å². The van der Waals surface area contributed by atoms with Crippen molar-refractivity contribution in [3.63, 3.8) is 0 Å². The molecular formula is C18H24N2O.